The monoisotopic (exact) mass is 588 g/mol. The highest BCUT2D eigenvalue weighted by Gasteiger charge is 2.36. The molecule has 1 fully saturated rings. The molecule has 2 aromatic carbocycles. The molecule has 0 unspecified atom stereocenters. The van der Waals surface area contributed by atoms with Crippen molar-refractivity contribution < 1.29 is 35.9 Å². The summed E-state index contributed by atoms with van der Waals surface area (Å²) in [6.07, 6.45) is -2.10. The lowest BCUT2D eigenvalue weighted by Crippen LogP contribution is -2.41. The number of sulfone groups is 1. The number of alkyl halides is 3. The molecule has 1 aliphatic rings. The Morgan fingerprint density at radius 3 is 2.49 bits per heavy atom. The topological polar surface area (TPSA) is 150 Å². The van der Waals surface area contributed by atoms with Gasteiger partial charge in [0.25, 0.3) is 0 Å². The summed E-state index contributed by atoms with van der Waals surface area (Å²) >= 11 is 0. The van der Waals surface area contributed by atoms with Crippen molar-refractivity contribution in [1.29, 1.82) is 0 Å². The van der Waals surface area contributed by atoms with E-state index in [1.807, 2.05) is 0 Å². The van der Waals surface area contributed by atoms with Crippen LogP contribution in [-0.4, -0.2) is 59.5 Å². The van der Waals surface area contributed by atoms with Gasteiger partial charge in [-0.2, -0.15) is 13.2 Å². The summed E-state index contributed by atoms with van der Waals surface area (Å²) in [6.45, 7) is -0.103. The molecule has 214 valence electrons. The van der Waals surface area contributed by atoms with E-state index in [-0.39, 0.29) is 48.3 Å². The highest BCUT2D eigenvalue weighted by atomic mass is 32.2. The van der Waals surface area contributed by atoms with E-state index in [1.165, 1.54) is 40.2 Å². The van der Waals surface area contributed by atoms with Crippen molar-refractivity contribution in [2.75, 3.05) is 34.8 Å². The van der Waals surface area contributed by atoms with E-state index in [0.717, 1.165) is 6.07 Å². The van der Waals surface area contributed by atoms with Gasteiger partial charge in [0.15, 0.2) is 9.84 Å². The van der Waals surface area contributed by atoms with E-state index in [1.54, 1.807) is 24.3 Å². The molecule has 0 bridgehead atoms. The van der Waals surface area contributed by atoms with Crippen LogP contribution in [0.2, 0.25) is 0 Å². The van der Waals surface area contributed by atoms with E-state index < -0.39 is 33.5 Å². The van der Waals surface area contributed by atoms with Gasteiger partial charge in [0, 0.05) is 42.1 Å². The first-order chi connectivity index (χ1) is 19.4. The summed E-state index contributed by atoms with van der Waals surface area (Å²) in [7, 11) is -3.28. The Balaban J connectivity index is 1.34. The predicted molar refractivity (Wildman–Crippen MR) is 144 cm³/mol. The Bertz CT molecular complexity index is 1740. The van der Waals surface area contributed by atoms with Crippen LogP contribution in [-0.2, 0) is 27.2 Å². The van der Waals surface area contributed by atoms with Crippen molar-refractivity contribution in [3.05, 3.63) is 72.3 Å². The fourth-order valence-electron chi connectivity index (χ4n) is 4.44. The maximum Gasteiger partial charge on any atom is 0.418 e. The standard InChI is InChI=1S/C26H23F3N6O5S/c27-26(28,29)20-12-17(1-3-22(20)34-7-9-41(38,39)10-8-34)33-25(37)35-6-5-16-11-19(2-4-21(16)35)40-24-14-18(13-23(30)36)31-15-32-24/h1-6,11-12,14-15H,7-10,13H2,(H2,30,36)(H,33,37). The number of nitrogens with one attached hydrogen (secondary N) is 1. The molecule has 3 N–H and O–H groups in total. The number of ether oxygens (including phenoxy) is 1. The smallest absolute Gasteiger partial charge is 0.418 e. The van der Waals surface area contributed by atoms with Crippen LogP contribution in [0.4, 0.5) is 29.3 Å². The van der Waals surface area contributed by atoms with E-state index in [4.69, 9.17) is 10.5 Å². The Hall–Kier alpha value is -4.66. The lowest BCUT2D eigenvalue weighted by atomic mass is 10.1. The number of carbonyl (C=O) groups excluding carboxylic acids is 2. The van der Waals surface area contributed by atoms with Crippen LogP contribution in [0.5, 0.6) is 11.6 Å². The second kappa shape index (κ2) is 10.7. The summed E-state index contributed by atoms with van der Waals surface area (Å²) in [5.74, 6) is -0.448. The van der Waals surface area contributed by atoms with Crippen molar-refractivity contribution in [2.45, 2.75) is 12.6 Å². The molecule has 5 rings (SSSR count). The molecule has 0 saturated carbocycles. The van der Waals surface area contributed by atoms with Gasteiger partial charge in [0.2, 0.25) is 11.8 Å². The molecule has 0 atom stereocenters. The maximum atomic E-state index is 13.9. The number of hydrogen-bond acceptors (Lipinski definition) is 8. The molecule has 4 aromatic rings. The third-order valence-electron chi connectivity index (χ3n) is 6.40. The molecular formula is C26H23F3N6O5S. The SMILES string of the molecule is NC(=O)Cc1cc(Oc2ccc3c(ccn3C(=O)Nc3ccc(N4CCS(=O)(=O)CC4)c(C(F)(F)F)c3)c2)ncn1. The largest absolute Gasteiger partial charge is 0.439 e. The van der Waals surface area contributed by atoms with E-state index in [9.17, 15) is 31.2 Å². The van der Waals surface area contributed by atoms with Crippen LogP contribution >= 0.6 is 0 Å². The van der Waals surface area contributed by atoms with Gasteiger partial charge in [-0.3, -0.25) is 9.36 Å². The summed E-state index contributed by atoms with van der Waals surface area (Å²) in [4.78, 5) is 33.5. The number of anilines is 2. The lowest BCUT2D eigenvalue weighted by Gasteiger charge is -2.31. The second-order valence-corrected chi connectivity index (χ2v) is 11.6. The molecule has 0 radical (unpaired) electrons. The zero-order chi connectivity index (χ0) is 29.4. The van der Waals surface area contributed by atoms with Gasteiger partial charge in [-0.05, 0) is 42.5 Å². The number of benzene rings is 2. The lowest BCUT2D eigenvalue weighted by molar-refractivity contribution is -0.137. The van der Waals surface area contributed by atoms with E-state index in [0.29, 0.717) is 22.3 Å². The van der Waals surface area contributed by atoms with Crippen LogP contribution in [0.1, 0.15) is 11.3 Å². The van der Waals surface area contributed by atoms with E-state index in [2.05, 4.69) is 15.3 Å². The number of primary amides is 1. The summed E-state index contributed by atoms with van der Waals surface area (Å²) < 4.78 is 72.2. The van der Waals surface area contributed by atoms with E-state index >= 15 is 0 Å². The molecule has 0 aliphatic carbocycles. The molecule has 2 aromatic heterocycles. The van der Waals surface area contributed by atoms with Crippen LogP contribution in [0.3, 0.4) is 0 Å². The number of nitrogens with zero attached hydrogens (tertiary/aromatic N) is 4. The Labute approximate surface area is 231 Å². The zero-order valence-corrected chi connectivity index (χ0v) is 22.1. The molecule has 1 aliphatic heterocycles. The van der Waals surface area contributed by atoms with Crippen LogP contribution in [0, 0.1) is 0 Å². The van der Waals surface area contributed by atoms with Crippen LogP contribution in [0.25, 0.3) is 10.9 Å². The van der Waals surface area contributed by atoms with Gasteiger partial charge in [0.05, 0.1) is 34.7 Å². The molecule has 1 saturated heterocycles. The first-order valence-corrected chi connectivity index (χ1v) is 14.1. The molecule has 3 heterocycles. The minimum atomic E-state index is -4.73. The van der Waals surface area contributed by atoms with Gasteiger partial charge in [-0.1, -0.05) is 0 Å². The Kier molecular flexibility index (Phi) is 7.29. The first-order valence-electron chi connectivity index (χ1n) is 12.2. The molecule has 41 heavy (non-hydrogen) atoms. The fourth-order valence-corrected chi connectivity index (χ4v) is 5.64. The number of carbonyl (C=O) groups is 2. The average Bonchev–Trinajstić information content (AvgIpc) is 3.32. The van der Waals surface area contributed by atoms with Crippen molar-refractivity contribution in [1.82, 2.24) is 14.5 Å². The quantitative estimate of drug-likeness (QED) is 0.347. The summed E-state index contributed by atoms with van der Waals surface area (Å²) in [5, 5.41) is 3.10. The molecular weight excluding hydrogens is 565 g/mol. The Morgan fingerprint density at radius 1 is 1.02 bits per heavy atom. The minimum absolute atomic E-state index is 0.0516. The number of hydrogen-bond donors (Lipinski definition) is 2. The van der Waals surface area contributed by atoms with Crippen molar-refractivity contribution in [2.24, 2.45) is 5.73 Å². The normalized spacial score (nSPS) is 15.0. The van der Waals surface area contributed by atoms with Crippen molar-refractivity contribution >= 4 is 44.1 Å². The minimum Gasteiger partial charge on any atom is -0.439 e. The van der Waals surface area contributed by atoms with Gasteiger partial charge in [-0.15, -0.1) is 0 Å². The zero-order valence-electron chi connectivity index (χ0n) is 21.3. The summed E-state index contributed by atoms with van der Waals surface area (Å²) in [6, 6.07) is 10.7. The molecule has 11 nitrogen and oxygen atoms in total. The van der Waals surface area contributed by atoms with Gasteiger partial charge in [0.1, 0.15) is 12.1 Å². The van der Waals surface area contributed by atoms with Gasteiger partial charge < -0.3 is 20.7 Å². The second-order valence-electron chi connectivity index (χ2n) is 9.30. The number of rotatable bonds is 6. The van der Waals surface area contributed by atoms with Crippen LogP contribution < -0.4 is 20.7 Å². The molecule has 15 heteroatoms. The third kappa shape index (κ3) is 6.40. The Morgan fingerprint density at radius 2 is 1.78 bits per heavy atom. The average molecular weight is 589 g/mol. The highest BCUT2D eigenvalue weighted by Crippen LogP contribution is 2.39. The molecule has 0 spiro atoms. The third-order valence-corrected chi connectivity index (χ3v) is 8.00. The van der Waals surface area contributed by atoms with Crippen molar-refractivity contribution in [3.63, 3.8) is 0 Å². The number of halogens is 3. The first kappa shape index (κ1) is 27.9. The summed E-state index contributed by atoms with van der Waals surface area (Å²) in [5.41, 5.74) is 4.85. The number of nitrogens with two attached hydrogens (primary N) is 1. The van der Waals surface area contributed by atoms with Crippen LogP contribution in [0.15, 0.2) is 61.1 Å². The van der Waals surface area contributed by atoms with Crippen molar-refractivity contribution in [3.8, 4) is 11.6 Å². The maximum absolute atomic E-state index is 13.9. The predicted octanol–water partition coefficient (Wildman–Crippen LogP) is 3.59. The fraction of sp³-hybridized carbons (Fsp3) is 0.231. The van der Waals surface area contributed by atoms with Gasteiger partial charge in [-0.25, -0.2) is 23.2 Å². The highest BCUT2D eigenvalue weighted by molar-refractivity contribution is 7.91. The number of aromatic nitrogens is 3. The number of fused-ring (bicyclic) bond motifs is 1. The van der Waals surface area contributed by atoms with Gasteiger partial charge >= 0.3 is 12.2 Å². The number of amides is 2. The molecule has 2 amide bonds.